The molecule has 0 aliphatic rings. The van der Waals surface area contributed by atoms with Crippen LogP contribution < -0.4 is 5.32 Å². The molecule has 4 heteroatoms. The van der Waals surface area contributed by atoms with Crippen molar-refractivity contribution in [1.29, 1.82) is 0 Å². The highest BCUT2D eigenvalue weighted by Crippen LogP contribution is 2.25. The fourth-order valence-electron chi connectivity index (χ4n) is 1.89. The van der Waals surface area contributed by atoms with E-state index in [9.17, 15) is 4.39 Å². The Morgan fingerprint density at radius 2 is 2.06 bits per heavy atom. The summed E-state index contributed by atoms with van der Waals surface area (Å²) < 4.78 is 15.8. The number of benzene rings is 1. The van der Waals surface area contributed by atoms with Gasteiger partial charge in [-0.25, -0.2) is 9.37 Å². The summed E-state index contributed by atoms with van der Waals surface area (Å²) in [5.74, 6) is 0.649. The van der Waals surface area contributed by atoms with Gasteiger partial charge in [0.2, 0.25) is 0 Å². The lowest BCUT2D eigenvalue weighted by Crippen LogP contribution is -2.10. The van der Waals surface area contributed by atoms with E-state index < -0.39 is 0 Å². The Labute approximate surface area is 100 Å². The fraction of sp³-hybridized carbons (Fsp3) is 0.308. The molecule has 0 saturated carbocycles. The molecular weight excluding hydrogens is 217 g/mol. The number of aryl methyl sites for hydroxylation is 1. The third-order valence-electron chi connectivity index (χ3n) is 2.91. The van der Waals surface area contributed by atoms with Gasteiger partial charge in [0.15, 0.2) is 0 Å². The van der Waals surface area contributed by atoms with Crippen LogP contribution in [0.5, 0.6) is 0 Å². The molecule has 0 aliphatic heterocycles. The zero-order chi connectivity index (χ0) is 12.4. The van der Waals surface area contributed by atoms with Crippen molar-refractivity contribution < 1.29 is 4.39 Å². The monoisotopic (exact) mass is 233 g/mol. The number of nitrogens with zero attached hydrogens (tertiary/aromatic N) is 2. The van der Waals surface area contributed by atoms with Crippen molar-refractivity contribution in [2.45, 2.75) is 13.5 Å². The van der Waals surface area contributed by atoms with Crippen LogP contribution >= 0.6 is 0 Å². The molecule has 1 heterocycles. The second-order valence-electron chi connectivity index (χ2n) is 4.02. The van der Waals surface area contributed by atoms with Crippen molar-refractivity contribution in [3.8, 4) is 11.3 Å². The van der Waals surface area contributed by atoms with Crippen LogP contribution in [0.3, 0.4) is 0 Å². The van der Waals surface area contributed by atoms with E-state index in [0.29, 0.717) is 12.1 Å². The standard InChI is InChI=1S/C13H16FN3/c1-9-16-13(12(8-15-2)17(9)3)10-6-4-5-7-11(10)14/h4-7,15H,8H2,1-3H3. The normalized spacial score (nSPS) is 10.8. The van der Waals surface area contributed by atoms with Gasteiger partial charge >= 0.3 is 0 Å². The average Bonchev–Trinajstić information content (AvgIpc) is 2.58. The summed E-state index contributed by atoms with van der Waals surface area (Å²) in [6, 6.07) is 6.73. The Morgan fingerprint density at radius 3 is 2.71 bits per heavy atom. The molecule has 1 N–H and O–H groups in total. The molecule has 0 unspecified atom stereocenters. The molecule has 90 valence electrons. The minimum Gasteiger partial charge on any atom is -0.334 e. The minimum atomic E-state index is -0.233. The van der Waals surface area contributed by atoms with Gasteiger partial charge in [-0.3, -0.25) is 0 Å². The van der Waals surface area contributed by atoms with Crippen molar-refractivity contribution >= 4 is 0 Å². The summed E-state index contributed by atoms with van der Waals surface area (Å²) in [7, 11) is 3.81. The third-order valence-corrected chi connectivity index (χ3v) is 2.91. The Kier molecular flexibility index (Phi) is 3.24. The van der Waals surface area contributed by atoms with Crippen LogP contribution in [0, 0.1) is 12.7 Å². The minimum absolute atomic E-state index is 0.233. The van der Waals surface area contributed by atoms with E-state index in [2.05, 4.69) is 10.3 Å². The van der Waals surface area contributed by atoms with Crippen LogP contribution in [0.15, 0.2) is 24.3 Å². The van der Waals surface area contributed by atoms with Gasteiger partial charge < -0.3 is 9.88 Å². The quantitative estimate of drug-likeness (QED) is 0.881. The molecule has 0 fully saturated rings. The molecule has 2 rings (SSSR count). The molecule has 0 spiro atoms. The van der Waals surface area contributed by atoms with Crippen LogP contribution in [0.2, 0.25) is 0 Å². The first kappa shape index (κ1) is 11.8. The summed E-state index contributed by atoms with van der Waals surface area (Å²) in [6.07, 6.45) is 0. The topological polar surface area (TPSA) is 29.9 Å². The molecule has 0 aliphatic carbocycles. The maximum atomic E-state index is 13.8. The maximum Gasteiger partial charge on any atom is 0.132 e. The van der Waals surface area contributed by atoms with Gasteiger partial charge in [0.1, 0.15) is 11.6 Å². The predicted molar refractivity (Wildman–Crippen MR) is 66.1 cm³/mol. The first-order valence-electron chi connectivity index (χ1n) is 5.57. The smallest absolute Gasteiger partial charge is 0.132 e. The van der Waals surface area contributed by atoms with E-state index in [1.165, 1.54) is 6.07 Å². The van der Waals surface area contributed by atoms with Crippen molar-refractivity contribution in [1.82, 2.24) is 14.9 Å². The average molecular weight is 233 g/mol. The van der Waals surface area contributed by atoms with Crippen molar-refractivity contribution in [3.63, 3.8) is 0 Å². The molecule has 0 atom stereocenters. The third kappa shape index (κ3) is 2.08. The maximum absolute atomic E-state index is 13.8. The number of halogens is 1. The Hall–Kier alpha value is -1.68. The first-order valence-corrected chi connectivity index (χ1v) is 5.57. The van der Waals surface area contributed by atoms with E-state index in [1.807, 2.05) is 31.7 Å². The summed E-state index contributed by atoms with van der Waals surface area (Å²) in [4.78, 5) is 4.44. The van der Waals surface area contributed by atoms with E-state index in [-0.39, 0.29) is 5.82 Å². The number of nitrogens with one attached hydrogen (secondary N) is 1. The van der Waals surface area contributed by atoms with Gasteiger partial charge in [0.05, 0.1) is 11.4 Å². The number of rotatable bonds is 3. The van der Waals surface area contributed by atoms with Gasteiger partial charge in [0, 0.05) is 19.2 Å². The summed E-state index contributed by atoms with van der Waals surface area (Å²) >= 11 is 0. The van der Waals surface area contributed by atoms with Gasteiger partial charge in [-0.05, 0) is 26.1 Å². The van der Waals surface area contributed by atoms with E-state index >= 15 is 0 Å². The Bertz CT molecular complexity index is 531. The SMILES string of the molecule is CNCc1c(-c2ccccc2F)nc(C)n1C. The molecule has 3 nitrogen and oxygen atoms in total. The zero-order valence-electron chi connectivity index (χ0n) is 10.3. The lowest BCUT2D eigenvalue weighted by atomic mass is 10.1. The van der Waals surface area contributed by atoms with E-state index in [0.717, 1.165) is 17.2 Å². The molecule has 17 heavy (non-hydrogen) atoms. The van der Waals surface area contributed by atoms with E-state index in [1.54, 1.807) is 12.1 Å². The van der Waals surface area contributed by atoms with Crippen LogP contribution in [-0.4, -0.2) is 16.6 Å². The molecule has 1 aromatic heterocycles. The fourth-order valence-corrected chi connectivity index (χ4v) is 1.89. The molecule has 0 amide bonds. The molecule has 0 radical (unpaired) electrons. The lowest BCUT2D eigenvalue weighted by Gasteiger charge is -2.06. The molecule has 0 bridgehead atoms. The highest BCUT2D eigenvalue weighted by atomic mass is 19.1. The number of hydrogen-bond acceptors (Lipinski definition) is 2. The van der Waals surface area contributed by atoms with E-state index in [4.69, 9.17) is 0 Å². The van der Waals surface area contributed by atoms with Gasteiger partial charge in [0.25, 0.3) is 0 Å². The van der Waals surface area contributed by atoms with Gasteiger partial charge in [-0.15, -0.1) is 0 Å². The van der Waals surface area contributed by atoms with Gasteiger partial charge in [-0.2, -0.15) is 0 Å². The van der Waals surface area contributed by atoms with Crippen molar-refractivity contribution in [2.75, 3.05) is 7.05 Å². The van der Waals surface area contributed by atoms with Crippen LogP contribution in [0.4, 0.5) is 4.39 Å². The number of hydrogen-bond donors (Lipinski definition) is 1. The second kappa shape index (κ2) is 4.67. The van der Waals surface area contributed by atoms with Crippen molar-refractivity contribution in [3.05, 3.63) is 41.6 Å². The summed E-state index contributed by atoms with van der Waals surface area (Å²) in [5.41, 5.74) is 2.27. The number of imidazole rings is 1. The van der Waals surface area contributed by atoms with Crippen LogP contribution in [-0.2, 0) is 13.6 Å². The van der Waals surface area contributed by atoms with Crippen LogP contribution in [0.25, 0.3) is 11.3 Å². The molecule has 0 saturated heterocycles. The summed E-state index contributed by atoms with van der Waals surface area (Å²) in [6.45, 7) is 2.59. The highest BCUT2D eigenvalue weighted by Gasteiger charge is 2.15. The van der Waals surface area contributed by atoms with Gasteiger partial charge in [-0.1, -0.05) is 12.1 Å². The summed E-state index contributed by atoms with van der Waals surface area (Å²) in [5, 5.41) is 3.08. The first-order chi connectivity index (χ1) is 8.15. The largest absolute Gasteiger partial charge is 0.334 e. The second-order valence-corrected chi connectivity index (χ2v) is 4.02. The zero-order valence-corrected chi connectivity index (χ0v) is 10.3. The Morgan fingerprint density at radius 1 is 1.35 bits per heavy atom. The molecule has 1 aromatic carbocycles. The van der Waals surface area contributed by atoms with Crippen molar-refractivity contribution in [2.24, 2.45) is 7.05 Å². The molecular formula is C13H16FN3. The van der Waals surface area contributed by atoms with Crippen LogP contribution in [0.1, 0.15) is 11.5 Å². The molecule has 2 aromatic rings. The Balaban J connectivity index is 2.59. The predicted octanol–water partition coefficient (Wildman–Crippen LogP) is 2.25. The lowest BCUT2D eigenvalue weighted by molar-refractivity contribution is 0.630. The number of aromatic nitrogens is 2. The highest BCUT2D eigenvalue weighted by molar-refractivity contribution is 5.63.